The minimum Gasteiger partial charge on any atom is -0.492 e. The number of rotatable bonds is 17. The maximum Gasteiger partial charge on any atom is 0.175 e. The van der Waals surface area contributed by atoms with E-state index in [1.54, 1.807) is 24.3 Å². The number of ether oxygens (including phenoxy) is 4. The molecule has 0 fully saturated rings. The first-order valence-electron chi connectivity index (χ1n) is 15.7. The van der Waals surface area contributed by atoms with E-state index in [0.29, 0.717) is 37.9 Å². The van der Waals surface area contributed by atoms with Crippen LogP contribution in [0.4, 0.5) is 0 Å². The highest BCUT2D eigenvalue weighted by Crippen LogP contribution is 2.41. The number of hydrogen-bond donors (Lipinski definition) is 1. The molecule has 47 heavy (non-hydrogen) atoms. The summed E-state index contributed by atoms with van der Waals surface area (Å²) in [6.45, 7) is 6.44. The van der Waals surface area contributed by atoms with Gasteiger partial charge in [-0.05, 0) is 83.7 Å². The van der Waals surface area contributed by atoms with Crippen molar-refractivity contribution < 1.29 is 32.5 Å². The lowest BCUT2D eigenvalue weighted by molar-refractivity contribution is 0.0716. The van der Waals surface area contributed by atoms with Crippen LogP contribution in [0, 0.1) is 0 Å². The van der Waals surface area contributed by atoms with Crippen molar-refractivity contribution >= 4 is 20.6 Å². The molecular weight excluding hydrogens is 614 g/mol. The molecule has 0 aliphatic rings. The Morgan fingerprint density at radius 2 is 1.43 bits per heavy atom. The summed E-state index contributed by atoms with van der Waals surface area (Å²) in [5.41, 5.74) is 2.75. The Bertz CT molecular complexity index is 1830. The zero-order valence-electron chi connectivity index (χ0n) is 26.8. The second-order valence-corrected chi connectivity index (χ2v) is 13.1. The zero-order valence-corrected chi connectivity index (χ0v) is 27.6. The highest BCUT2D eigenvalue weighted by Gasteiger charge is 2.15. The van der Waals surface area contributed by atoms with Crippen molar-refractivity contribution in [3.05, 3.63) is 115 Å². The van der Waals surface area contributed by atoms with E-state index >= 15 is 0 Å². The number of benzene rings is 5. The third-order valence-corrected chi connectivity index (χ3v) is 8.87. The van der Waals surface area contributed by atoms with Crippen LogP contribution < -0.4 is 14.2 Å². The van der Waals surface area contributed by atoms with E-state index in [0.717, 1.165) is 58.6 Å². The molecule has 8 nitrogen and oxygen atoms in total. The van der Waals surface area contributed by atoms with Gasteiger partial charge in [0.2, 0.25) is 0 Å². The maximum atomic E-state index is 12.1. The average molecular weight is 656 g/mol. The van der Waals surface area contributed by atoms with Crippen LogP contribution >= 0.6 is 0 Å². The number of likely N-dealkylation sites (N-methyl/N-ethyl adjacent to an activating group) is 1. The van der Waals surface area contributed by atoms with E-state index in [-0.39, 0.29) is 11.5 Å². The standard InChI is InChI=1S/C38H41NO7S/c1-3-39(21-24-43-26-23-40)22-25-44-32-12-14-33(15-13-32)46-38-36(30-9-17-35(18-10-30)47(2,41)42)19-11-31-27-34(16-20-37(31)38)45-28-29-7-5-4-6-8-29/h4-20,27,40H,3,21-26,28H2,1-2H3. The Labute approximate surface area is 277 Å². The Hall–Kier alpha value is -4.41. The fraction of sp³-hybridized carbons (Fsp3) is 0.263. The Balaban J connectivity index is 1.35. The molecule has 1 N–H and O–H groups in total. The van der Waals surface area contributed by atoms with Gasteiger partial charge in [0.05, 0.1) is 24.7 Å². The molecular formula is C38H41NO7S. The average Bonchev–Trinajstić information content (AvgIpc) is 3.09. The minimum atomic E-state index is -3.32. The van der Waals surface area contributed by atoms with Crippen LogP contribution in [-0.2, 0) is 21.2 Å². The molecule has 246 valence electrons. The van der Waals surface area contributed by atoms with Gasteiger partial charge >= 0.3 is 0 Å². The number of nitrogens with zero attached hydrogens (tertiary/aromatic N) is 1. The van der Waals surface area contributed by atoms with Gasteiger partial charge in [-0.25, -0.2) is 8.42 Å². The van der Waals surface area contributed by atoms with Gasteiger partial charge in [-0.3, -0.25) is 4.90 Å². The SMILES string of the molecule is CCN(CCOCCO)CCOc1ccc(Oc2c(-c3ccc(S(C)(=O)=O)cc3)ccc3cc(OCc4ccccc4)ccc23)cc1. The van der Waals surface area contributed by atoms with Gasteiger partial charge in [0.1, 0.15) is 36.2 Å². The quantitative estimate of drug-likeness (QED) is 0.107. The molecule has 5 aromatic carbocycles. The largest absolute Gasteiger partial charge is 0.492 e. The van der Waals surface area contributed by atoms with E-state index in [1.165, 1.54) is 6.26 Å². The first-order valence-corrected chi connectivity index (χ1v) is 17.6. The number of sulfone groups is 1. The van der Waals surface area contributed by atoms with Crippen LogP contribution in [0.5, 0.6) is 23.0 Å². The summed E-state index contributed by atoms with van der Waals surface area (Å²) in [6.07, 6.45) is 1.20. The van der Waals surface area contributed by atoms with Gasteiger partial charge in [-0.1, -0.05) is 55.5 Å². The number of fused-ring (bicyclic) bond motifs is 1. The van der Waals surface area contributed by atoms with E-state index in [1.807, 2.05) is 84.9 Å². The molecule has 0 radical (unpaired) electrons. The van der Waals surface area contributed by atoms with Crippen LogP contribution in [0.3, 0.4) is 0 Å². The van der Waals surface area contributed by atoms with E-state index in [4.69, 9.17) is 24.1 Å². The molecule has 5 aromatic rings. The molecule has 0 atom stereocenters. The lowest BCUT2D eigenvalue weighted by Crippen LogP contribution is -2.31. The Morgan fingerprint density at radius 1 is 0.723 bits per heavy atom. The summed E-state index contributed by atoms with van der Waals surface area (Å²) in [5.74, 6) is 2.78. The summed E-state index contributed by atoms with van der Waals surface area (Å²) in [6, 6.07) is 34.3. The lowest BCUT2D eigenvalue weighted by atomic mass is 9.99. The van der Waals surface area contributed by atoms with E-state index in [2.05, 4.69) is 11.8 Å². The first kappa shape index (κ1) is 33.9. The maximum absolute atomic E-state index is 12.1. The second kappa shape index (κ2) is 16.4. The van der Waals surface area contributed by atoms with Crippen molar-refractivity contribution in [3.8, 4) is 34.1 Å². The van der Waals surface area contributed by atoms with Crippen LogP contribution in [0.25, 0.3) is 21.9 Å². The molecule has 0 spiro atoms. The van der Waals surface area contributed by atoms with Crippen molar-refractivity contribution in [2.75, 3.05) is 52.3 Å². The van der Waals surface area contributed by atoms with E-state index < -0.39 is 9.84 Å². The van der Waals surface area contributed by atoms with E-state index in [9.17, 15) is 8.42 Å². The topological polar surface area (TPSA) is 94.5 Å². The Kier molecular flexibility index (Phi) is 11.9. The van der Waals surface area contributed by atoms with Crippen LogP contribution in [-0.4, -0.2) is 70.7 Å². The summed E-state index contributed by atoms with van der Waals surface area (Å²) >= 11 is 0. The Morgan fingerprint density at radius 3 is 2.13 bits per heavy atom. The number of aliphatic hydroxyl groups excluding tert-OH is 1. The number of hydrogen-bond acceptors (Lipinski definition) is 8. The van der Waals surface area contributed by atoms with Gasteiger partial charge in [0.15, 0.2) is 9.84 Å². The third kappa shape index (κ3) is 9.56. The highest BCUT2D eigenvalue weighted by molar-refractivity contribution is 7.90. The van der Waals surface area contributed by atoms with Crippen LogP contribution in [0.2, 0.25) is 0 Å². The molecule has 0 saturated carbocycles. The zero-order chi connectivity index (χ0) is 33.1. The minimum absolute atomic E-state index is 0.0281. The third-order valence-electron chi connectivity index (χ3n) is 7.74. The van der Waals surface area contributed by atoms with Crippen LogP contribution in [0.1, 0.15) is 12.5 Å². The van der Waals surface area contributed by atoms with Gasteiger partial charge in [-0.2, -0.15) is 0 Å². The molecule has 5 rings (SSSR count). The van der Waals surface area contributed by atoms with Crippen LogP contribution in [0.15, 0.2) is 114 Å². The molecule has 0 saturated heterocycles. The number of aliphatic hydroxyl groups is 1. The molecule has 0 aromatic heterocycles. The monoisotopic (exact) mass is 655 g/mol. The van der Waals surface area contributed by atoms with Crippen molar-refractivity contribution in [2.45, 2.75) is 18.4 Å². The van der Waals surface area contributed by atoms with Gasteiger partial charge < -0.3 is 24.1 Å². The first-order chi connectivity index (χ1) is 22.8. The summed E-state index contributed by atoms with van der Waals surface area (Å²) < 4.78 is 48.2. The molecule has 0 heterocycles. The van der Waals surface area contributed by atoms with Gasteiger partial charge in [-0.15, -0.1) is 0 Å². The van der Waals surface area contributed by atoms with Crippen molar-refractivity contribution in [2.24, 2.45) is 0 Å². The molecule has 0 aliphatic heterocycles. The summed E-state index contributed by atoms with van der Waals surface area (Å²) in [4.78, 5) is 2.50. The normalized spacial score (nSPS) is 11.6. The molecule has 0 unspecified atom stereocenters. The predicted octanol–water partition coefficient (Wildman–Crippen LogP) is 6.99. The van der Waals surface area contributed by atoms with Gasteiger partial charge in [0.25, 0.3) is 0 Å². The summed E-state index contributed by atoms with van der Waals surface area (Å²) in [7, 11) is -3.32. The lowest BCUT2D eigenvalue weighted by Gasteiger charge is -2.20. The van der Waals surface area contributed by atoms with Crippen molar-refractivity contribution in [1.82, 2.24) is 4.90 Å². The van der Waals surface area contributed by atoms with Crippen molar-refractivity contribution in [3.63, 3.8) is 0 Å². The smallest absolute Gasteiger partial charge is 0.175 e. The fourth-order valence-corrected chi connectivity index (χ4v) is 5.76. The highest BCUT2D eigenvalue weighted by atomic mass is 32.2. The summed E-state index contributed by atoms with van der Waals surface area (Å²) in [5, 5.41) is 10.7. The molecule has 0 aliphatic carbocycles. The second-order valence-electron chi connectivity index (χ2n) is 11.1. The van der Waals surface area contributed by atoms with Crippen molar-refractivity contribution in [1.29, 1.82) is 0 Å². The predicted molar refractivity (Wildman–Crippen MR) is 185 cm³/mol. The fourth-order valence-electron chi connectivity index (χ4n) is 5.13. The molecule has 9 heteroatoms. The molecule has 0 bridgehead atoms. The van der Waals surface area contributed by atoms with Gasteiger partial charge in [0, 0.05) is 30.3 Å². The molecule has 0 amide bonds.